The minimum Gasteiger partial charge on any atom is -0.207 e. The van der Waals surface area contributed by atoms with Crippen molar-refractivity contribution in [2.75, 3.05) is 12.3 Å². The molecule has 0 saturated heterocycles. The normalized spacial score (nSPS) is 12.6. The van der Waals surface area contributed by atoms with Crippen LogP contribution in [0.2, 0.25) is 0 Å². The van der Waals surface area contributed by atoms with E-state index in [2.05, 4.69) is 13.8 Å². The van der Waals surface area contributed by atoms with Crippen LogP contribution in [0.3, 0.4) is 0 Å². The van der Waals surface area contributed by atoms with Crippen LogP contribution in [-0.2, 0) is 0 Å². The van der Waals surface area contributed by atoms with Gasteiger partial charge in [0, 0.05) is 11.4 Å². The van der Waals surface area contributed by atoms with E-state index in [0.29, 0.717) is 0 Å². The lowest BCUT2D eigenvalue weighted by Gasteiger charge is -2.18. The SMILES string of the molecule is CCCCCCP(CCCC)c1ccc(F)cc1F. The van der Waals surface area contributed by atoms with Gasteiger partial charge >= 0.3 is 0 Å². The zero-order valence-corrected chi connectivity index (χ0v) is 13.0. The summed E-state index contributed by atoms with van der Waals surface area (Å²) in [6.07, 6.45) is 9.29. The van der Waals surface area contributed by atoms with E-state index in [-0.39, 0.29) is 5.82 Å². The van der Waals surface area contributed by atoms with Gasteiger partial charge in [-0.3, -0.25) is 0 Å². The number of hydrogen-bond donors (Lipinski definition) is 0. The molecule has 0 amide bonds. The molecule has 0 fully saturated rings. The molecule has 108 valence electrons. The highest BCUT2D eigenvalue weighted by atomic mass is 31.1. The molecule has 0 saturated carbocycles. The minimum absolute atomic E-state index is 0.349. The Balaban J connectivity index is 2.66. The van der Waals surface area contributed by atoms with E-state index in [1.54, 1.807) is 6.07 Å². The van der Waals surface area contributed by atoms with Crippen LogP contribution >= 0.6 is 7.92 Å². The summed E-state index contributed by atoms with van der Waals surface area (Å²) >= 11 is 0. The first kappa shape index (κ1) is 16.6. The van der Waals surface area contributed by atoms with Crippen LogP contribution in [0.15, 0.2) is 18.2 Å². The van der Waals surface area contributed by atoms with E-state index in [9.17, 15) is 8.78 Å². The lowest BCUT2D eigenvalue weighted by molar-refractivity contribution is 0.588. The van der Waals surface area contributed by atoms with Crippen molar-refractivity contribution in [3.05, 3.63) is 29.8 Å². The molecule has 0 aliphatic rings. The predicted octanol–water partition coefficient (Wildman–Crippen LogP) is 5.45. The summed E-state index contributed by atoms with van der Waals surface area (Å²) in [6.45, 7) is 4.35. The van der Waals surface area contributed by atoms with Gasteiger partial charge in [-0.1, -0.05) is 47.5 Å². The predicted molar refractivity (Wildman–Crippen MR) is 81.7 cm³/mol. The largest absolute Gasteiger partial charge is 0.207 e. The molecule has 1 atom stereocenters. The van der Waals surface area contributed by atoms with Crippen molar-refractivity contribution in [2.24, 2.45) is 0 Å². The Labute approximate surface area is 117 Å². The van der Waals surface area contributed by atoms with Gasteiger partial charge in [0.25, 0.3) is 0 Å². The second-order valence-corrected chi connectivity index (χ2v) is 7.45. The molecule has 19 heavy (non-hydrogen) atoms. The van der Waals surface area contributed by atoms with Gasteiger partial charge in [0.2, 0.25) is 0 Å². The zero-order valence-electron chi connectivity index (χ0n) is 12.1. The van der Waals surface area contributed by atoms with Gasteiger partial charge in [0.1, 0.15) is 11.6 Å². The van der Waals surface area contributed by atoms with Crippen LogP contribution in [-0.4, -0.2) is 12.3 Å². The van der Waals surface area contributed by atoms with E-state index in [4.69, 9.17) is 0 Å². The van der Waals surface area contributed by atoms with E-state index in [1.165, 1.54) is 31.7 Å². The molecule has 1 aromatic carbocycles. The fourth-order valence-corrected chi connectivity index (χ4v) is 4.83. The van der Waals surface area contributed by atoms with Crippen LogP contribution in [0, 0.1) is 11.6 Å². The molecule has 0 aliphatic heterocycles. The average molecular weight is 286 g/mol. The molecule has 3 heteroatoms. The third-order valence-corrected chi connectivity index (χ3v) is 6.07. The molecule has 1 aromatic rings. The van der Waals surface area contributed by atoms with Crippen molar-refractivity contribution in [3.63, 3.8) is 0 Å². The zero-order chi connectivity index (χ0) is 14.1. The monoisotopic (exact) mass is 286 g/mol. The van der Waals surface area contributed by atoms with Gasteiger partial charge in [-0.05, 0) is 37.3 Å². The smallest absolute Gasteiger partial charge is 0.133 e. The molecule has 0 nitrogen and oxygen atoms in total. The molecule has 1 unspecified atom stereocenters. The lowest BCUT2D eigenvalue weighted by atomic mass is 10.2. The summed E-state index contributed by atoms with van der Waals surface area (Å²) in [4.78, 5) is 0. The second-order valence-electron chi connectivity index (χ2n) is 5.00. The van der Waals surface area contributed by atoms with E-state index in [0.717, 1.165) is 36.5 Å². The van der Waals surface area contributed by atoms with Gasteiger partial charge in [0.15, 0.2) is 0 Å². The standard InChI is InChI=1S/C16H25F2P/c1-3-5-7-8-12-19(11-6-4-2)16-10-9-14(17)13-15(16)18/h9-10,13H,3-8,11-12H2,1-2H3. The Morgan fingerprint density at radius 1 is 0.895 bits per heavy atom. The van der Waals surface area contributed by atoms with Crippen molar-refractivity contribution in [1.29, 1.82) is 0 Å². The molecule has 0 aliphatic carbocycles. The quantitative estimate of drug-likeness (QED) is 0.418. The lowest BCUT2D eigenvalue weighted by Crippen LogP contribution is -2.11. The maximum atomic E-state index is 13.9. The second kappa shape index (κ2) is 9.42. The third-order valence-electron chi connectivity index (χ3n) is 3.31. The Bertz CT molecular complexity index is 366. The van der Waals surface area contributed by atoms with Gasteiger partial charge in [0.05, 0.1) is 0 Å². The first-order valence-corrected chi connectivity index (χ1v) is 9.10. The molecular formula is C16H25F2P. The first-order valence-electron chi connectivity index (χ1n) is 7.39. The third kappa shape index (κ3) is 5.99. The summed E-state index contributed by atoms with van der Waals surface area (Å²) < 4.78 is 26.9. The van der Waals surface area contributed by atoms with Crippen LogP contribution in [0.1, 0.15) is 52.4 Å². The van der Waals surface area contributed by atoms with Gasteiger partial charge in [-0.15, -0.1) is 0 Å². The number of unbranched alkanes of at least 4 members (excludes halogenated alkanes) is 4. The molecule has 0 bridgehead atoms. The Morgan fingerprint density at radius 3 is 2.21 bits per heavy atom. The molecule has 1 rings (SSSR count). The number of halogens is 2. The summed E-state index contributed by atoms with van der Waals surface area (Å²) in [5, 5.41) is 0.765. The summed E-state index contributed by atoms with van der Waals surface area (Å²) in [5.41, 5.74) is 0. The maximum Gasteiger partial charge on any atom is 0.133 e. The van der Waals surface area contributed by atoms with Crippen molar-refractivity contribution < 1.29 is 8.78 Å². The Kier molecular flexibility index (Phi) is 8.21. The molecule has 0 heterocycles. The number of hydrogen-bond acceptors (Lipinski definition) is 0. The van der Waals surface area contributed by atoms with Crippen LogP contribution in [0.4, 0.5) is 8.78 Å². The molecule has 0 spiro atoms. The summed E-state index contributed by atoms with van der Waals surface area (Å²) in [7, 11) is -0.453. The van der Waals surface area contributed by atoms with E-state index >= 15 is 0 Å². The van der Waals surface area contributed by atoms with Crippen molar-refractivity contribution in [3.8, 4) is 0 Å². The summed E-state index contributed by atoms with van der Waals surface area (Å²) in [6, 6.07) is 4.08. The van der Waals surface area contributed by atoms with Gasteiger partial charge < -0.3 is 0 Å². The maximum absolute atomic E-state index is 13.9. The highest BCUT2D eigenvalue weighted by Crippen LogP contribution is 2.38. The molecule has 0 aromatic heterocycles. The number of benzene rings is 1. The van der Waals surface area contributed by atoms with Crippen LogP contribution < -0.4 is 5.30 Å². The van der Waals surface area contributed by atoms with Crippen molar-refractivity contribution in [1.82, 2.24) is 0 Å². The van der Waals surface area contributed by atoms with Crippen LogP contribution in [0.5, 0.6) is 0 Å². The minimum atomic E-state index is -0.474. The highest BCUT2D eigenvalue weighted by Gasteiger charge is 2.15. The van der Waals surface area contributed by atoms with Crippen molar-refractivity contribution >= 4 is 13.2 Å². The fraction of sp³-hybridized carbons (Fsp3) is 0.625. The van der Waals surface area contributed by atoms with E-state index in [1.807, 2.05) is 0 Å². The number of rotatable bonds is 9. The van der Waals surface area contributed by atoms with Gasteiger partial charge in [-0.2, -0.15) is 0 Å². The average Bonchev–Trinajstić information content (AvgIpc) is 2.39. The topological polar surface area (TPSA) is 0 Å². The highest BCUT2D eigenvalue weighted by molar-refractivity contribution is 7.65. The molecular weight excluding hydrogens is 261 g/mol. The van der Waals surface area contributed by atoms with E-state index < -0.39 is 13.7 Å². The first-order chi connectivity index (χ1) is 9.19. The molecule has 0 N–H and O–H groups in total. The van der Waals surface area contributed by atoms with Gasteiger partial charge in [-0.25, -0.2) is 8.78 Å². The Hall–Kier alpha value is -0.490. The summed E-state index contributed by atoms with van der Waals surface area (Å²) in [5.74, 6) is -0.824. The molecule has 0 radical (unpaired) electrons. The fourth-order valence-electron chi connectivity index (χ4n) is 2.17. The Morgan fingerprint density at radius 2 is 1.58 bits per heavy atom. The van der Waals surface area contributed by atoms with Crippen LogP contribution in [0.25, 0.3) is 0 Å². The van der Waals surface area contributed by atoms with Crippen molar-refractivity contribution in [2.45, 2.75) is 52.4 Å².